The molecule has 0 bridgehead atoms. The molecule has 0 radical (unpaired) electrons. The lowest BCUT2D eigenvalue weighted by atomic mass is 10.1. The molecule has 0 spiro atoms. The van der Waals surface area contributed by atoms with Crippen molar-refractivity contribution in [2.75, 3.05) is 13.2 Å². The van der Waals surface area contributed by atoms with Gasteiger partial charge in [0, 0.05) is 22.7 Å². The van der Waals surface area contributed by atoms with Crippen LogP contribution in [-0.4, -0.2) is 29.3 Å². The van der Waals surface area contributed by atoms with E-state index in [1.165, 1.54) is 10.9 Å². The lowest BCUT2D eigenvalue weighted by molar-refractivity contribution is 0.191. The molecule has 0 unspecified atom stereocenters. The minimum Gasteiger partial charge on any atom is -0.492 e. The lowest BCUT2D eigenvalue weighted by Crippen LogP contribution is -2.26. The third-order valence-electron chi connectivity index (χ3n) is 2.93. The second kappa shape index (κ2) is 5.00. The number of rotatable bonds is 4. The van der Waals surface area contributed by atoms with Gasteiger partial charge in [-0.3, -0.25) is 0 Å². The second-order valence-electron chi connectivity index (χ2n) is 4.16. The predicted octanol–water partition coefficient (Wildman–Crippen LogP) is 2.43. The summed E-state index contributed by atoms with van der Waals surface area (Å²) in [5, 5.41) is 11.8. The van der Waals surface area contributed by atoms with Gasteiger partial charge in [-0.15, -0.1) is 0 Å². The number of fused-ring (bicyclic) bond motifs is 1. The molecule has 3 N–H and O–H groups in total. The Hall–Kier alpha value is -2.17. The maximum absolute atomic E-state index is 10.3. The molecule has 96 valence electrons. The smallest absolute Gasteiger partial charge is 0.404 e. The third-order valence-corrected chi connectivity index (χ3v) is 2.93. The van der Waals surface area contributed by atoms with E-state index in [1.807, 2.05) is 25.1 Å². The van der Waals surface area contributed by atoms with E-state index in [9.17, 15) is 4.79 Å². The van der Waals surface area contributed by atoms with Crippen LogP contribution in [0, 0.1) is 13.8 Å². The Labute approximate surface area is 105 Å². The van der Waals surface area contributed by atoms with Crippen LogP contribution in [0.25, 0.3) is 10.9 Å². The number of H-pyrrole nitrogens is 1. The summed E-state index contributed by atoms with van der Waals surface area (Å²) >= 11 is 0. The average molecular weight is 248 g/mol. The van der Waals surface area contributed by atoms with Crippen molar-refractivity contribution in [2.24, 2.45) is 0 Å². The van der Waals surface area contributed by atoms with Crippen LogP contribution in [0.5, 0.6) is 5.75 Å². The summed E-state index contributed by atoms with van der Waals surface area (Å²) in [6, 6.07) is 5.83. The zero-order chi connectivity index (χ0) is 13.1. The van der Waals surface area contributed by atoms with E-state index in [4.69, 9.17) is 9.84 Å². The van der Waals surface area contributed by atoms with Crippen molar-refractivity contribution in [1.82, 2.24) is 10.3 Å². The Morgan fingerprint density at radius 2 is 2.22 bits per heavy atom. The molecule has 1 heterocycles. The van der Waals surface area contributed by atoms with E-state index in [0.29, 0.717) is 6.61 Å². The third kappa shape index (κ3) is 2.56. The highest BCUT2D eigenvalue weighted by Crippen LogP contribution is 2.25. The monoisotopic (exact) mass is 248 g/mol. The summed E-state index contributed by atoms with van der Waals surface area (Å²) in [7, 11) is 0. The number of amides is 1. The first-order valence-corrected chi connectivity index (χ1v) is 5.76. The number of benzene rings is 1. The minimum absolute atomic E-state index is 0.274. The quantitative estimate of drug-likeness (QED) is 0.727. The maximum Gasteiger partial charge on any atom is 0.404 e. The molecule has 5 nitrogen and oxygen atoms in total. The molecule has 0 saturated heterocycles. The fraction of sp³-hybridized carbons (Fsp3) is 0.308. The average Bonchev–Trinajstić information content (AvgIpc) is 2.60. The van der Waals surface area contributed by atoms with Gasteiger partial charge in [0.25, 0.3) is 0 Å². The normalized spacial score (nSPS) is 10.6. The number of aromatic amines is 1. The van der Waals surface area contributed by atoms with Crippen LogP contribution in [0.2, 0.25) is 0 Å². The van der Waals surface area contributed by atoms with Crippen LogP contribution in [0.3, 0.4) is 0 Å². The highest BCUT2D eigenvalue weighted by Gasteiger charge is 2.05. The summed E-state index contributed by atoms with van der Waals surface area (Å²) < 4.78 is 5.47. The summed E-state index contributed by atoms with van der Waals surface area (Å²) in [5.41, 5.74) is 3.42. The molecule has 2 aromatic rings. The fourth-order valence-corrected chi connectivity index (χ4v) is 1.87. The molecule has 0 fully saturated rings. The Morgan fingerprint density at radius 1 is 1.44 bits per heavy atom. The molecule has 1 amide bonds. The van der Waals surface area contributed by atoms with E-state index in [1.54, 1.807) is 0 Å². The number of carbonyl (C=O) groups is 1. The SMILES string of the molecule is Cc1[nH]c2cc(OCCNC(=O)O)ccc2c1C. The molecule has 1 aromatic carbocycles. The Balaban J connectivity index is 2.04. The maximum atomic E-state index is 10.3. The van der Waals surface area contributed by atoms with Gasteiger partial charge < -0.3 is 20.1 Å². The minimum atomic E-state index is -1.04. The van der Waals surface area contributed by atoms with Crippen LogP contribution >= 0.6 is 0 Å². The van der Waals surface area contributed by atoms with Crippen LogP contribution in [0.15, 0.2) is 18.2 Å². The summed E-state index contributed by atoms with van der Waals surface area (Å²) in [6.07, 6.45) is -1.04. The molecule has 0 saturated carbocycles. The number of aromatic nitrogens is 1. The first-order valence-electron chi connectivity index (χ1n) is 5.76. The largest absolute Gasteiger partial charge is 0.492 e. The molecule has 0 aliphatic heterocycles. The van der Waals surface area contributed by atoms with Crippen molar-refractivity contribution < 1.29 is 14.6 Å². The number of ether oxygens (including phenoxy) is 1. The highest BCUT2D eigenvalue weighted by molar-refractivity contribution is 5.85. The Kier molecular flexibility index (Phi) is 3.41. The zero-order valence-electron chi connectivity index (χ0n) is 10.4. The van der Waals surface area contributed by atoms with Crippen LogP contribution in [0.1, 0.15) is 11.3 Å². The van der Waals surface area contributed by atoms with E-state index in [0.717, 1.165) is 17.0 Å². The summed E-state index contributed by atoms with van der Waals surface area (Å²) in [6.45, 7) is 4.70. The number of hydrogen-bond donors (Lipinski definition) is 3. The van der Waals surface area contributed by atoms with Crippen LogP contribution < -0.4 is 10.1 Å². The molecule has 0 aliphatic carbocycles. The van der Waals surface area contributed by atoms with Gasteiger partial charge in [0.1, 0.15) is 12.4 Å². The van der Waals surface area contributed by atoms with Gasteiger partial charge in [-0.25, -0.2) is 4.79 Å². The van der Waals surface area contributed by atoms with Gasteiger partial charge in [-0.05, 0) is 31.5 Å². The number of aryl methyl sites for hydroxylation is 2. The van der Waals surface area contributed by atoms with Crippen molar-refractivity contribution in [3.8, 4) is 5.75 Å². The van der Waals surface area contributed by atoms with Gasteiger partial charge in [-0.2, -0.15) is 0 Å². The summed E-state index contributed by atoms with van der Waals surface area (Å²) in [5.74, 6) is 0.732. The highest BCUT2D eigenvalue weighted by atomic mass is 16.5. The summed E-state index contributed by atoms with van der Waals surface area (Å²) in [4.78, 5) is 13.5. The molecule has 5 heteroatoms. The molecule has 0 aliphatic rings. The van der Waals surface area contributed by atoms with Crippen molar-refractivity contribution in [2.45, 2.75) is 13.8 Å². The lowest BCUT2D eigenvalue weighted by Gasteiger charge is -2.06. The fourth-order valence-electron chi connectivity index (χ4n) is 1.87. The van der Waals surface area contributed by atoms with Gasteiger partial charge in [-0.1, -0.05) is 0 Å². The standard InChI is InChI=1S/C13H16N2O3/c1-8-9(2)15-12-7-10(3-4-11(8)12)18-6-5-14-13(16)17/h3-4,7,14-15H,5-6H2,1-2H3,(H,16,17). The first-order chi connectivity index (χ1) is 8.58. The van der Waals surface area contributed by atoms with Gasteiger partial charge in [0.2, 0.25) is 0 Å². The number of hydrogen-bond acceptors (Lipinski definition) is 2. The van der Waals surface area contributed by atoms with Gasteiger partial charge in [0.05, 0.1) is 6.54 Å². The topological polar surface area (TPSA) is 74.3 Å². The van der Waals surface area contributed by atoms with Crippen molar-refractivity contribution >= 4 is 17.0 Å². The first kappa shape index (κ1) is 12.3. The molecular formula is C13H16N2O3. The molecule has 18 heavy (non-hydrogen) atoms. The molecule has 0 atom stereocenters. The van der Waals surface area contributed by atoms with Crippen molar-refractivity contribution in [1.29, 1.82) is 0 Å². The van der Waals surface area contributed by atoms with Gasteiger partial charge in [0.15, 0.2) is 0 Å². The molecule has 1 aromatic heterocycles. The van der Waals surface area contributed by atoms with Crippen LogP contribution in [0.4, 0.5) is 4.79 Å². The van der Waals surface area contributed by atoms with E-state index < -0.39 is 6.09 Å². The zero-order valence-corrected chi connectivity index (χ0v) is 10.4. The van der Waals surface area contributed by atoms with Crippen molar-refractivity contribution in [3.05, 3.63) is 29.5 Å². The van der Waals surface area contributed by atoms with Crippen molar-refractivity contribution in [3.63, 3.8) is 0 Å². The van der Waals surface area contributed by atoms with E-state index in [2.05, 4.69) is 17.2 Å². The molecule has 2 rings (SSSR count). The number of nitrogens with one attached hydrogen (secondary N) is 2. The van der Waals surface area contributed by atoms with E-state index in [-0.39, 0.29) is 6.54 Å². The second-order valence-corrected chi connectivity index (χ2v) is 4.16. The Bertz CT molecular complexity index is 575. The number of carboxylic acid groups (broad SMARTS) is 1. The van der Waals surface area contributed by atoms with E-state index >= 15 is 0 Å². The van der Waals surface area contributed by atoms with Crippen LogP contribution in [-0.2, 0) is 0 Å². The molecular weight excluding hydrogens is 232 g/mol. The predicted molar refractivity (Wildman–Crippen MR) is 69.3 cm³/mol. The van der Waals surface area contributed by atoms with Gasteiger partial charge >= 0.3 is 6.09 Å². The Morgan fingerprint density at radius 3 is 2.94 bits per heavy atom.